The number of ether oxygens (including phenoxy) is 1. The number of nitrogens with zero attached hydrogens (tertiary/aromatic N) is 2. The Bertz CT molecular complexity index is 593. The largest absolute Gasteiger partial charge is 0.483 e. The molecular formula is C14H15FN2O2. The van der Waals surface area contributed by atoms with Crippen LogP contribution < -0.4 is 4.74 Å². The molecule has 4 nitrogen and oxygen atoms in total. The molecule has 2 aromatic rings. The Morgan fingerprint density at radius 1 is 1.47 bits per heavy atom. The molecule has 19 heavy (non-hydrogen) atoms. The zero-order valence-electron chi connectivity index (χ0n) is 10.9. The summed E-state index contributed by atoms with van der Waals surface area (Å²) in [6.07, 6.45) is 1.41. The third-order valence-corrected chi connectivity index (χ3v) is 2.88. The Morgan fingerprint density at radius 3 is 2.89 bits per heavy atom. The van der Waals surface area contributed by atoms with Crippen LogP contribution in [-0.2, 0) is 20.1 Å². The number of aromatic nitrogens is 2. The second kappa shape index (κ2) is 5.65. The lowest BCUT2D eigenvalue weighted by atomic mass is 10.2. The minimum atomic E-state index is -0.539. The number of benzene rings is 1. The molecule has 0 aliphatic rings. The van der Waals surface area contributed by atoms with Crippen molar-refractivity contribution >= 4 is 6.29 Å². The van der Waals surface area contributed by atoms with E-state index in [1.54, 1.807) is 11.7 Å². The zero-order chi connectivity index (χ0) is 13.8. The minimum absolute atomic E-state index is 0.0169. The van der Waals surface area contributed by atoms with Crippen LogP contribution in [0, 0.1) is 5.82 Å². The van der Waals surface area contributed by atoms with Crippen molar-refractivity contribution in [3.05, 3.63) is 47.0 Å². The van der Waals surface area contributed by atoms with Gasteiger partial charge in [-0.3, -0.25) is 9.48 Å². The van der Waals surface area contributed by atoms with Gasteiger partial charge in [0.15, 0.2) is 17.9 Å². The molecule has 1 aromatic carbocycles. The van der Waals surface area contributed by atoms with Gasteiger partial charge in [0.1, 0.15) is 6.61 Å². The SMILES string of the molecule is CCc1cc(COc2c(F)cccc2C=O)n(C)n1. The highest BCUT2D eigenvalue weighted by atomic mass is 19.1. The third-order valence-electron chi connectivity index (χ3n) is 2.88. The Balaban J connectivity index is 2.18. The van der Waals surface area contributed by atoms with Gasteiger partial charge in [-0.15, -0.1) is 0 Å². The quantitative estimate of drug-likeness (QED) is 0.778. The molecule has 5 heteroatoms. The molecule has 0 amide bonds. The molecule has 1 heterocycles. The first-order valence-corrected chi connectivity index (χ1v) is 6.04. The Hall–Kier alpha value is -2.17. The summed E-state index contributed by atoms with van der Waals surface area (Å²) in [5, 5.41) is 4.28. The third kappa shape index (κ3) is 2.81. The number of halogens is 1. The van der Waals surface area contributed by atoms with Crippen molar-refractivity contribution in [3.63, 3.8) is 0 Å². The fourth-order valence-electron chi connectivity index (χ4n) is 1.80. The lowest BCUT2D eigenvalue weighted by Gasteiger charge is -2.09. The van der Waals surface area contributed by atoms with Crippen LogP contribution in [0.2, 0.25) is 0 Å². The van der Waals surface area contributed by atoms with E-state index in [4.69, 9.17) is 4.74 Å². The van der Waals surface area contributed by atoms with Crippen molar-refractivity contribution in [2.24, 2.45) is 7.05 Å². The fraction of sp³-hybridized carbons (Fsp3) is 0.286. The molecule has 100 valence electrons. The van der Waals surface area contributed by atoms with Gasteiger partial charge in [0.25, 0.3) is 0 Å². The molecule has 0 radical (unpaired) electrons. The first kappa shape index (κ1) is 13.3. The van der Waals surface area contributed by atoms with E-state index in [0.717, 1.165) is 17.8 Å². The summed E-state index contributed by atoms with van der Waals surface area (Å²) >= 11 is 0. The number of carbonyl (C=O) groups excluding carboxylic acids is 1. The molecule has 2 rings (SSSR count). The van der Waals surface area contributed by atoms with Gasteiger partial charge in [-0.05, 0) is 24.6 Å². The molecule has 0 spiro atoms. The smallest absolute Gasteiger partial charge is 0.166 e. The lowest BCUT2D eigenvalue weighted by Crippen LogP contribution is -2.05. The highest BCUT2D eigenvalue weighted by Gasteiger charge is 2.11. The summed E-state index contributed by atoms with van der Waals surface area (Å²) in [6.45, 7) is 2.18. The van der Waals surface area contributed by atoms with E-state index in [1.165, 1.54) is 18.2 Å². The van der Waals surface area contributed by atoms with E-state index in [1.807, 2.05) is 13.0 Å². The van der Waals surface area contributed by atoms with Crippen molar-refractivity contribution in [1.29, 1.82) is 0 Å². The van der Waals surface area contributed by atoms with Crippen molar-refractivity contribution in [1.82, 2.24) is 9.78 Å². The van der Waals surface area contributed by atoms with Crippen LogP contribution >= 0.6 is 0 Å². The maximum absolute atomic E-state index is 13.6. The highest BCUT2D eigenvalue weighted by Crippen LogP contribution is 2.22. The Kier molecular flexibility index (Phi) is 3.94. The predicted octanol–water partition coefficient (Wildman–Crippen LogP) is 2.51. The van der Waals surface area contributed by atoms with Crippen LogP contribution in [0.4, 0.5) is 4.39 Å². The standard InChI is InChI=1S/C14H15FN2O2/c1-3-11-7-12(17(2)16-11)9-19-14-10(8-18)5-4-6-13(14)15/h4-8H,3,9H2,1-2H3. The summed E-state index contributed by atoms with van der Waals surface area (Å²) in [6, 6.07) is 6.17. The highest BCUT2D eigenvalue weighted by molar-refractivity contribution is 5.79. The van der Waals surface area contributed by atoms with Gasteiger partial charge in [-0.2, -0.15) is 5.10 Å². The fourth-order valence-corrected chi connectivity index (χ4v) is 1.80. The summed E-state index contributed by atoms with van der Waals surface area (Å²) in [5.74, 6) is -0.556. The first-order valence-electron chi connectivity index (χ1n) is 6.04. The monoisotopic (exact) mass is 262 g/mol. The average Bonchev–Trinajstić information content (AvgIpc) is 2.77. The number of rotatable bonds is 5. The predicted molar refractivity (Wildman–Crippen MR) is 68.7 cm³/mol. The van der Waals surface area contributed by atoms with Crippen LogP contribution in [0.5, 0.6) is 5.75 Å². The molecule has 0 saturated heterocycles. The number of aryl methyl sites for hydroxylation is 2. The lowest BCUT2D eigenvalue weighted by molar-refractivity contribution is 0.111. The molecule has 0 bridgehead atoms. The van der Waals surface area contributed by atoms with E-state index in [0.29, 0.717) is 6.29 Å². The van der Waals surface area contributed by atoms with E-state index in [2.05, 4.69) is 5.10 Å². The van der Waals surface area contributed by atoms with E-state index in [-0.39, 0.29) is 17.9 Å². The summed E-state index contributed by atoms with van der Waals surface area (Å²) in [4.78, 5) is 10.8. The van der Waals surface area contributed by atoms with Crippen molar-refractivity contribution in [3.8, 4) is 5.75 Å². The Labute approximate surface area is 110 Å². The van der Waals surface area contributed by atoms with Gasteiger partial charge in [-0.1, -0.05) is 13.0 Å². The number of carbonyl (C=O) groups is 1. The van der Waals surface area contributed by atoms with Gasteiger partial charge in [0, 0.05) is 7.05 Å². The molecule has 0 N–H and O–H groups in total. The molecule has 0 unspecified atom stereocenters. The summed E-state index contributed by atoms with van der Waals surface area (Å²) in [7, 11) is 1.81. The van der Waals surface area contributed by atoms with Crippen LogP contribution in [0.15, 0.2) is 24.3 Å². The summed E-state index contributed by atoms with van der Waals surface area (Å²) in [5.41, 5.74) is 1.99. The Morgan fingerprint density at radius 2 is 2.26 bits per heavy atom. The van der Waals surface area contributed by atoms with E-state index >= 15 is 0 Å². The summed E-state index contributed by atoms with van der Waals surface area (Å²) < 4.78 is 20.7. The van der Waals surface area contributed by atoms with Gasteiger partial charge in [0.05, 0.1) is 17.0 Å². The van der Waals surface area contributed by atoms with E-state index < -0.39 is 5.82 Å². The second-order valence-electron chi connectivity index (χ2n) is 4.17. The molecule has 1 aromatic heterocycles. The van der Waals surface area contributed by atoms with Gasteiger partial charge in [0.2, 0.25) is 0 Å². The molecule has 0 aliphatic carbocycles. The van der Waals surface area contributed by atoms with Crippen molar-refractivity contribution in [2.75, 3.05) is 0 Å². The molecule has 0 aliphatic heterocycles. The van der Waals surface area contributed by atoms with Gasteiger partial charge in [-0.25, -0.2) is 4.39 Å². The molecular weight excluding hydrogens is 247 g/mol. The maximum atomic E-state index is 13.6. The van der Waals surface area contributed by atoms with Gasteiger partial charge < -0.3 is 4.74 Å². The van der Waals surface area contributed by atoms with E-state index in [9.17, 15) is 9.18 Å². The topological polar surface area (TPSA) is 44.1 Å². The van der Waals surface area contributed by atoms with Crippen LogP contribution in [0.1, 0.15) is 28.7 Å². The molecule has 0 fully saturated rings. The number of para-hydroxylation sites is 1. The number of hydrogen-bond donors (Lipinski definition) is 0. The average molecular weight is 262 g/mol. The number of aldehydes is 1. The van der Waals surface area contributed by atoms with Crippen LogP contribution in [0.25, 0.3) is 0 Å². The second-order valence-corrected chi connectivity index (χ2v) is 4.17. The first-order chi connectivity index (χ1) is 9.15. The van der Waals surface area contributed by atoms with Crippen LogP contribution in [-0.4, -0.2) is 16.1 Å². The normalized spacial score (nSPS) is 10.5. The zero-order valence-corrected chi connectivity index (χ0v) is 10.9. The minimum Gasteiger partial charge on any atom is -0.483 e. The van der Waals surface area contributed by atoms with Gasteiger partial charge >= 0.3 is 0 Å². The number of hydrogen-bond acceptors (Lipinski definition) is 3. The van der Waals surface area contributed by atoms with Crippen molar-refractivity contribution < 1.29 is 13.9 Å². The van der Waals surface area contributed by atoms with Crippen LogP contribution in [0.3, 0.4) is 0 Å². The molecule has 0 atom stereocenters. The molecule has 0 saturated carbocycles. The van der Waals surface area contributed by atoms with Crippen molar-refractivity contribution in [2.45, 2.75) is 20.0 Å². The maximum Gasteiger partial charge on any atom is 0.166 e.